The number of rotatable bonds is 3. The molecule has 1 aliphatic carbocycles. The fourth-order valence-corrected chi connectivity index (χ4v) is 2.74. The molecule has 0 spiro atoms. The van der Waals surface area contributed by atoms with Gasteiger partial charge in [0.05, 0.1) is 6.10 Å². The monoisotopic (exact) mass is 271 g/mol. The minimum absolute atomic E-state index is 0.304. The van der Waals surface area contributed by atoms with Gasteiger partial charge in [0.25, 0.3) is 0 Å². The van der Waals surface area contributed by atoms with E-state index in [0.29, 0.717) is 18.9 Å². The van der Waals surface area contributed by atoms with Gasteiger partial charge in [-0.2, -0.15) is 0 Å². The Hall–Kier alpha value is -1.30. The fraction of sp³-hybridized carbons (Fsp3) is 0.556. The predicted octanol–water partition coefficient (Wildman–Crippen LogP) is 2.87. The van der Waals surface area contributed by atoms with E-state index in [1.165, 1.54) is 38.5 Å². The SMILES string of the molecule is NCC(O)Cc1cccc(C#CC2CCCCCC2)c1. The van der Waals surface area contributed by atoms with Crippen molar-refractivity contribution in [3.8, 4) is 11.8 Å². The van der Waals surface area contributed by atoms with E-state index in [1.54, 1.807) is 0 Å². The topological polar surface area (TPSA) is 46.2 Å². The minimum Gasteiger partial charge on any atom is -0.391 e. The van der Waals surface area contributed by atoms with Crippen LogP contribution in [0, 0.1) is 17.8 Å². The molecule has 0 amide bonds. The van der Waals surface area contributed by atoms with E-state index in [4.69, 9.17) is 5.73 Å². The standard InChI is InChI=1S/C18H25NO/c19-14-18(20)13-17-9-5-8-16(12-17)11-10-15-6-3-1-2-4-7-15/h5,8-9,12,15,18,20H,1-4,6-7,13-14,19H2. The first-order chi connectivity index (χ1) is 9.78. The zero-order valence-corrected chi connectivity index (χ0v) is 12.1. The summed E-state index contributed by atoms with van der Waals surface area (Å²) in [5.41, 5.74) is 7.61. The highest BCUT2D eigenvalue weighted by Crippen LogP contribution is 2.22. The average Bonchev–Trinajstić information content (AvgIpc) is 2.74. The molecule has 1 aromatic rings. The van der Waals surface area contributed by atoms with Gasteiger partial charge in [0.1, 0.15) is 0 Å². The maximum Gasteiger partial charge on any atom is 0.0702 e. The molecule has 0 aromatic heterocycles. The molecule has 0 radical (unpaired) electrons. The van der Waals surface area contributed by atoms with Crippen LogP contribution >= 0.6 is 0 Å². The van der Waals surface area contributed by atoms with Gasteiger partial charge in [0.15, 0.2) is 0 Å². The van der Waals surface area contributed by atoms with Crippen LogP contribution in [0.4, 0.5) is 0 Å². The molecule has 0 heterocycles. The second kappa shape index (κ2) is 8.09. The summed E-state index contributed by atoms with van der Waals surface area (Å²) in [5, 5.41) is 9.61. The number of aliphatic hydroxyl groups is 1. The van der Waals surface area contributed by atoms with Crippen molar-refractivity contribution in [3.05, 3.63) is 35.4 Å². The van der Waals surface area contributed by atoms with E-state index in [0.717, 1.165) is 11.1 Å². The van der Waals surface area contributed by atoms with Gasteiger partial charge in [-0.15, -0.1) is 0 Å². The van der Waals surface area contributed by atoms with Crippen LogP contribution in [0.1, 0.15) is 49.7 Å². The molecule has 20 heavy (non-hydrogen) atoms. The van der Waals surface area contributed by atoms with Crippen LogP contribution < -0.4 is 5.73 Å². The maximum absolute atomic E-state index is 9.61. The number of benzene rings is 1. The molecule has 2 nitrogen and oxygen atoms in total. The summed E-state index contributed by atoms with van der Waals surface area (Å²) in [5.74, 6) is 7.31. The van der Waals surface area contributed by atoms with Gasteiger partial charge >= 0.3 is 0 Å². The van der Waals surface area contributed by atoms with E-state index in [-0.39, 0.29) is 0 Å². The van der Waals surface area contributed by atoms with E-state index in [1.807, 2.05) is 18.2 Å². The summed E-state index contributed by atoms with van der Waals surface area (Å²) in [6.07, 6.45) is 8.02. The van der Waals surface area contributed by atoms with Crippen molar-refractivity contribution in [2.24, 2.45) is 11.7 Å². The predicted molar refractivity (Wildman–Crippen MR) is 83.3 cm³/mol. The Morgan fingerprint density at radius 3 is 2.65 bits per heavy atom. The second-order valence-electron chi connectivity index (χ2n) is 5.75. The first-order valence-corrected chi connectivity index (χ1v) is 7.76. The first kappa shape index (κ1) is 15.1. The molecule has 0 saturated heterocycles. The van der Waals surface area contributed by atoms with Crippen molar-refractivity contribution in [2.45, 2.75) is 51.0 Å². The lowest BCUT2D eigenvalue weighted by Gasteiger charge is -2.07. The van der Waals surface area contributed by atoms with E-state index < -0.39 is 6.10 Å². The Morgan fingerprint density at radius 1 is 1.20 bits per heavy atom. The average molecular weight is 271 g/mol. The van der Waals surface area contributed by atoms with Gasteiger partial charge < -0.3 is 10.8 Å². The summed E-state index contributed by atoms with van der Waals surface area (Å²) in [6, 6.07) is 8.15. The van der Waals surface area contributed by atoms with Crippen molar-refractivity contribution in [2.75, 3.05) is 6.54 Å². The highest BCUT2D eigenvalue weighted by atomic mass is 16.3. The van der Waals surface area contributed by atoms with Crippen LogP contribution in [0.3, 0.4) is 0 Å². The smallest absolute Gasteiger partial charge is 0.0702 e. The molecule has 108 valence electrons. The summed E-state index contributed by atoms with van der Waals surface area (Å²) >= 11 is 0. The molecule has 0 bridgehead atoms. The van der Waals surface area contributed by atoms with Crippen LogP contribution in [0.25, 0.3) is 0 Å². The molecular weight excluding hydrogens is 246 g/mol. The summed E-state index contributed by atoms with van der Waals surface area (Å²) in [4.78, 5) is 0. The summed E-state index contributed by atoms with van der Waals surface area (Å²) in [7, 11) is 0. The van der Waals surface area contributed by atoms with E-state index in [2.05, 4.69) is 17.9 Å². The lowest BCUT2D eigenvalue weighted by Crippen LogP contribution is -2.21. The van der Waals surface area contributed by atoms with Crippen LogP contribution in [-0.4, -0.2) is 17.8 Å². The quantitative estimate of drug-likeness (QED) is 0.656. The number of hydrogen-bond acceptors (Lipinski definition) is 2. The molecule has 0 aliphatic heterocycles. The normalized spacial score (nSPS) is 17.9. The summed E-state index contributed by atoms with van der Waals surface area (Å²) in [6.45, 7) is 0.304. The van der Waals surface area contributed by atoms with Gasteiger partial charge in [0.2, 0.25) is 0 Å². The number of hydrogen-bond donors (Lipinski definition) is 2. The molecule has 2 rings (SSSR count). The molecule has 1 fully saturated rings. The largest absolute Gasteiger partial charge is 0.391 e. The third kappa shape index (κ3) is 5.00. The number of aliphatic hydroxyl groups excluding tert-OH is 1. The third-order valence-corrected chi connectivity index (χ3v) is 3.95. The van der Waals surface area contributed by atoms with Crippen molar-refractivity contribution >= 4 is 0 Å². The Bertz CT molecular complexity index is 464. The van der Waals surface area contributed by atoms with Gasteiger partial charge in [-0.1, -0.05) is 49.7 Å². The van der Waals surface area contributed by atoms with Crippen molar-refractivity contribution in [3.63, 3.8) is 0 Å². The molecule has 1 unspecified atom stereocenters. The molecule has 1 aliphatic rings. The Balaban J connectivity index is 2.00. The fourth-order valence-electron chi connectivity index (χ4n) is 2.74. The Labute approximate surface area is 122 Å². The number of nitrogens with two attached hydrogens (primary N) is 1. The molecule has 3 N–H and O–H groups in total. The Morgan fingerprint density at radius 2 is 1.95 bits per heavy atom. The Kier molecular flexibility index (Phi) is 6.11. The second-order valence-corrected chi connectivity index (χ2v) is 5.75. The highest BCUT2D eigenvalue weighted by molar-refractivity contribution is 5.37. The van der Waals surface area contributed by atoms with Crippen molar-refractivity contribution in [1.29, 1.82) is 0 Å². The van der Waals surface area contributed by atoms with E-state index in [9.17, 15) is 5.11 Å². The van der Waals surface area contributed by atoms with Crippen molar-refractivity contribution < 1.29 is 5.11 Å². The molecule has 2 heteroatoms. The molecule has 1 aromatic carbocycles. The lowest BCUT2D eigenvalue weighted by molar-refractivity contribution is 0.183. The first-order valence-electron chi connectivity index (χ1n) is 7.76. The zero-order valence-electron chi connectivity index (χ0n) is 12.1. The highest BCUT2D eigenvalue weighted by Gasteiger charge is 2.09. The summed E-state index contributed by atoms with van der Waals surface area (Å²) < 4.78 is 0. The van der Waals surface area contributed by atoms with Crippen LogP contribution in [-0.2, 0) is 6.42 Å². The van der Waals surface area contributed by atoms with Gasteiger partial charge in [-0.3, -0.25) is 0 Å². The zero-order chi connectivity index (χ0) is 14.2. The van der Waals surface area contributed by atoms with Gasteiger partial charge in [0, 0.05) is 18.0 Å². The van der Waals surface area contributed by atoms with Crippen LogP contribution in [0.5, 0.6) is 0 Å². The lowest BCUT2D eigenvalue weighted by atomic mass is 10.00. The molecule has 1 saturated carbocycles. The van der Waals surface area contributed by atoms with Crippen LogP contribution in [0.15, 0.2) is 24.3 Å². The van der Waals surface area contributed by atoms with Crippen molar-refractivity contribution in [1.82, 2.24) is 0 Å². The van der Waals surface area contributed by atoms with Crippen LogP contribution in [0.2, 0.25) is 0 Å². The molecular formula is C18H25NO. The molecule has 1 atom stereocenters. The maximum atomic E-state index is 9.61. The third-order valence-electron chi connectivity index (χ3n) is 3.95. The van der Waals surface area contributed by atoms with Gasteiger partial charge in [-0.05, 0) is 37.0 Å². The van der Waals surface area contributed by atoms with E-state index >= 15 is 0 Å². The minimum atomic E-state index is -0.458. The van der Waals surface area contributed by atoms with Gasteiger partial charge in [-0.25, -0.2) is 0 Å².